The van der Waals surface area contributed by atoms with Gasteiger partial charge in [0.1, 0.15) is 0 Å². The first-order valence-electron chi connectivity index (χ1n) is 6.45. The number of aromatic nitrogens is 2. The molecule has 0 aliphatic carbocycles. The van der Waals surface area contributed by atoms with E-state index in [1.807, 2.05) is 6.92 Å². The van der Waals surface area contributed by atoms with Crippen LogP contribution in [0, 0.1) is 20.8 Å². The van der Waals surface area contributed by atoms with Gasteiger partial charge in [-0.15, -0.1) is 0 Å². The molecule has 0 fully saturated rings. The maximum absolute atomic E-state index is 12.5. The van der Waals surface area contributed by atoms with Crippen LogP contribution in [0.4, 0.5) is 5.69 Å². The molecule has 7 heteroatoms. The standard InChI is InChI=1S/C14H18N4O2S/c1-9-7-13(15)11(3)14(10(9)2)21(19,20)17-8-12-5-4-6-16-18-12/h4-7,17H,8,15H2,1-3H3. The monoisotopic (exact) mass is 306 g/mol. The lowest BCUT2D eigenvalue weighted by Crippen LogP contribution is -2.26. The Balaban J connectivity index is 2.37. The van der Waals surface area contributed by atoms with Crippen molar-refractivity contribution in [2.75, 3.05) is 5.73 Å². The van der Waals surface area contributed by atoms with Gasteiger partial charge in [-0.25, -0.2) is 13.1 Å². The first kappa shape index (κ1) is 15.4. The van der Waals surface area contributed by atoms with Crippen LogP contribution < -0.4 is 10.5 Å². The fraction of sp³-hybridized carbons (Fsp3) is 0.286. The molecule has 21 heavy (non-hydrogen) atoms. The Morgan fingerprint density at radius 1 is 1.24 bits per heavy atom. The Hall–Kier alpha value is -1.99. The summed E-state index contributed by atoms with van der Waals surface area (Å²) in [6, 6.07) is 5.20. The van der Waals surface area contributed by atoms with Crippen molar-refractivity contribution in [2.24, 2.45) is 0 Å². The second kappa shape index (κ2) is 5.79. The average Bonchev–Trinajstić information content (AvgIpc) is 2.44. The van der Waals surface area contributed by atoms with Gasteiger partial charge in [-0.1, -0.05) is 0 Å². The van der Waals surface area contributed by atoms with E-state index in [1.54, 1.807) is 32.0 Å². The van der Waals surface area contributed by atoms with Gasteiger partial charge >= 0.3 is 0 Å². The van der Waals surface area contributed by atoms with E-state index in [9.17, 15) is 8.42 Å². The normalized spacial score (nSPS) is 11.6. The molecule has 0 saturated heterocycles. The Morgan fingerprint density at radius 3 is 2.57 bits per heavy atom. The van der Waals surface area contributed by atoms with Crippen molar-refractivity contribution in [3.8, 4) is 0 Å². The van der Waals surface area contributed by atoms with Crippen LogP contribution in [0.15, 0.2) is 29.3 Å². The van der Waals surface area contributed by atoms with Gasteiger partial charge in [-0.2, -0.15) is 10.2 Å². The number of sulfonamides is 1. The SMILES string of the molecule is Cc1cc(N)c(C)c(S(=O)(=O)NCc2cccnn2)c1C. The van der Waals surface area contributed by atoms with E-state index in [2.05, 4.69) is 14.9 Å². The van der Waals surface area contributed by atoms with Gasteiger partial charge in [0, 0.05) is 11.9 Å². The van der Waals surface area contributed by atoms with Crippen LogP contribution in [0.3, 0.4) is 0 Å². The first-order chi connectivity index (χ1) is 9.83. The topological polar surface area (TPSA) is 98.0 Å². The Morgan fingerprint density at radius 2 is 1.95 bits per heavy atom. The number of rotatable bonds is 4. The van der Waals surface area contributed by atoms with Crippen LogP contribution in [0.5, 0.6) is 0 Å². The molecule has 2 rings (SSSR count). The molecule has 0 spiro atoms. The molecule has 0 saturated carbocycles. The van der Waals surface area contributed by atoms with Crippen LogP contribution in [0.2, 0.25) is 0 Å². The molecule has 0 aliphatic rings. The summed E-state index contributed by atoms with van der Waals surface area (Å²) in [6.07, 6.45) is 1.54. The summed E-state index contributed by atoms with van der Waals surface area (Å²) >= 11 is 0. The van der Waals surface area contributed by atoms with E-state index in [1.165, 1.54) is 6.20 Å². The Kier molecular flexibility index (Phi) is 4.24. The quantitative estimate of drug-likeness (QED) is 0.833. The van der Waals surface area contributed by atoms with E-state index in [4.69, 9.17) is 5.73 Å². The zero-order valence-corrected chi connectivity index (χ0v) is 13.0. The van der Waals surface area contributed by atoms with Crippen molar-refractivity contribution < 1.29 is 8.42 Å². The van der Waals surface area contributed by atoms with Crippen LogP contribution in [0.25, 0.3) is 0 Å². The molecule has 1 heterocycles. The molecule has 6 nitrogen and oxygen atoms in total. The fourth-order valence-corrected chi connectivity index (χ4v) is 3.68. The molecular formula is C14H18N4O2S. The summed E-state index contributed by atoms with van der Waals surface area (Å²) in [5.74, 6) is 0. The maximum Gasteiger partial charge on any atom is 0.241 e. The predicted octanol–water partition coefficient (Wildman–Crippen LogP) is 1.46. The second-order valence-corrected chi connectivity index (χ2v) is 6.61. The predicted molar refractivity (Wildman–Crippen MR) is 81.1 cm³/mol. The molecule has 2 aromatic rings. The minimum atomic E-state index is -3.66. The first-order valence-corrected chi connectivity index (χ1v) is 7.94. The number of benzene rings is 1. The largest absolute Gasteiger partial charge is 0.398 e. The lowest BCUT2D eigenvalue weighted by atomic mass is 10.1. The van der Waals surface area contributed by atoms with Crippen molar-refractivity contribution in [1.82, 2.24) is 14.9 Å². The molecule has 0 bridgehead atoms. The van der Waals surface area contributed by atoms with Crippen molar-refractivity contribution >= 4 is 15.7 Å². The van der Waals surface area contributed by atoms with E-state index >= 15 is 0 Å². The van der Waals surface area contributed by atoms with Gasteiger partial charge in [0.05, 0.1) is 17.1 Å². The van der Waals surface area contributed by atoms with Crippen LogP contribution in [-0.2, 0) is 16.6 Å². The van der Waals surface area contributed by atoms with Crippen molar-refractivity contribution in [2.45, 2.75) is 32.2 Å². The number of nitrogens with two attached hydrogens (primary N) is 1. The molecule has 3 N–H and O–H groups in total. The number of hydrogen-bond donors (Lipinski definition) is 2. The Labute approximate surface area is 124 Å². The summed E-state index contributed by atoms with van der Waals surface area (Å²) in [4.78, 5) is 0.240. The zero-order chi connectivity index (χ0) is 15.6. The highest BCUT2D eigenvalue weighted by molar-refractivity contribution is 7.89. The van der Waals surface area contributed by atoms with E-state index in [0.29, 0.717) is 22.5 Å². The smallest absolute Gasteiger partial charge is 0.241 e. The van der Waals surface area contributed by atoms with Gasteiger partial charge in [0.15, 0.2) is 0 Å². The second-order valence-electron chi connectivity index (χ2n) is 4.90. The summed E-state index contributed by atoms with van der Waals surface area (Å²) in [7, 11) is -3.66. The number of hydrogen-bond acceptors (Lipinski definition) is 5. The van der Waals surface area contributed by atoms with Gasteiger partial charge in [0.25, 0.3) is 0 Å². The minimum absolute atomic E-state index is 0.0862. The Bertz CT molecular complexity index is 732. The lowest BCUT2D eigenvalue weighted by molar-refractivity contribution is 0.578. The van der Waals surface area contributed by atoms with E-state index in [0.717, 1.165) is 5.56 Å². The van der Waals surface area contributed by atoms with Crippen molar-refractivity contribution in [3.63, 3.8) is 0 Å². The highest BCUT2D eigenvalue weighted by Crippen LogP contribution is 2.27. The van der Waals surface area contributed by atoms with E-state index < -0.39 is 10.0 Å². The number of nitrogens with zero attached hydrogens (tertiary/aromatic N) is 2. The summed E-state index contributed by atoms with van der Waals surface area (Å²) in [6.45, 7) is 5.41. The number of nitrogen functional groups attached to an aromatic ring is 1. The number of nitrogens with one attached hydrogen (secondary N) is 1. The number of aryl methyl sites for hydroxylation is 1. The zero-order valence-electron chi connectivity index (χ0n) is 12.2. The van der Waals surface area contributed by atoms with Gasteiger partial charge in [-0.3, -0.25) is 0 Å². The van der Waals surface area contributed by atoms with Gasteiger partial charge < -0.3 is 5.73 Å². The third kappa shape index (κ3) is 3.20. The third-order valence-corrected chi connectivity index (χ3v) is 5.09. The summed E-state index contributed by atoms with van der Waals surface area (Å²) in [5.41, 5.74) is 9.01. The summed E-state index contributed by atoms with van der Waals surface area (Å²) in [5, 5.41) is 7.57. The molecule has 0 atom stereocenters. The molecule has 112 valence electrons. The fourth-order valence-electron chi connectivity index (χ4n) is 2.11. The third-order valence-electron chi connectivity index (χ3n) is 3.42. The highest BCUT2D eigenvalue weighted by atomic mass is 32.2. The number of anilines is 1. The maximum atomic E-state index is 12.5. The van der Waals surface area contributed by atoms with Gasteiger partial charge in [0.2, 0.25) is 10.0 Å². The molecule has 0 aliphatic heterocycles. The van der Waals surface area contributed by atoms with Crippen LogP contribution in [-0.4, -0.2) is 18.6 Å². The van der Waals surface area contributed by atoms with Crippen LogP contribution >= 0.6 is 0 Å². The summed E-state index contributed by atoms with van der Waals surface area (Å²) < 4.78 is 27.6. The highest BCUT2D eigenvalue weighted by Gasteiger charge is 2.22. The van der Waals surface area contributed by atoms with Gasteiger partial charge in [-0.05, 0) is 55.7 Å². The van der Waals surface area contributed by atoms with Crippen molar-refractivity contribution in [3.05, 3.63) is 46.8 Å². The molecule has 1 aromatic carbocycles. The van der Waals surface area contributed by atoms with Crippen LogP contribution in [0.1, 0.15) is 22.4 Å². The average molecular weight is 306 g/mol. The molecule has 1 aromatic heterocycles. The lowest BCUT2D eigenvalue weighted by Gasteiger charge is -2.15. The molecule has 0 amide bonds. The van der Waals surface area contributed by atoms with E-state index in [-0.39, 0.29) is 11.4 Å². The van der Waals surface area contributed by atoms with Crippen molar-refractivity contribution in [1.29, 1.82) is 0 Å². The minimum Gasteiger partial charge on any atom is -0.398 e. The molecule has 0 radical (unpaired) electrons. The molecular weight excluding hydrogens is 288 g/mol. The molecule has 0 unspecified atom stereocenters.